The smallest absolute Gasteiger partial charge is 0.122 e. The van der Waals surface area contributed by atoms with Crippen LogP contribution in [-0.2, 0) is 110 Å². The number of rotatable bonds is 51. The van der Waals surface area contributed by atoms with E-state index in [0.717, 1.165) is 97.2 Å². The van der Waals surface area contributed by atoms with Crippen LogP contribution < -0.4 is 19.1 Å². The van der Waals surface area contributed by atoms with Crippen LogP contribution in [0.3, 0.4) is 0 Å². The van der Waals surface area contributed by atoms with Crippen LogP contribution in [0.5, 0.6) is 17.2 Å². The van der Waals surface area contributed by atoms with Crippen LogP contribution in [0.4, 0.5) is 17.1 Å². The van der Waals surface area contributed by atoms with Crippen molar-refractivity contribution in [2.24, 2.45) is 0 Å². The third-order valence-electron chi connectivity index (χ3n) is 24.5. The number of methoxy groups -OCH3 is 9. The second kappa shape index (κ2) is 67.2. The molecule has 0 heterocycles. The maximum Gasteiger partial charge on any atom is 0.122 e. The zero-order valence-electron chi connectivity index (χ0n) is 87.0. The normalized spacial score (nSPS) is 10.9. The van der Waals surface area contributed by atoms with Gasteiger partial charge in [-0.15, -0.1) is 0 Å². The average Bonchev–Trinajstić information content (AvgIpc) is 0.719. The van der Waals surface area contributed by atoms with E-state index < -0.39 is 0 Å². The van der Waals surface area contributed by atoms with Gasteiger partial charge in [-0.25, -0.2) is 0 Å². The van der Waals surface area contributed by atoms with Crippen molar-refractivity contribution in [3.8, 4) is 17.2 Å². The van der Waals surface area contributed by atoms with Gasteiger partial charge in [0.2, 0.25) is 0 Å². The van der Waals surface area contributed by atoms with Gasteiger partial charge in [0.25, 0.3) is 0 Å². The van der Waals surface area contributed by atoms with Gasteiger partial charge in [0.1, 0.15) is 37.1 Å². The van der Waals surface area contributed by atoms with Crippen LogP contribution in [0.1, 0.15) is 102 Å². The molecule has 0 aliphatic rings. The lowest BCUT2D eigenvalue weighted by Gasteiger charge is -2.26. The van der Waals surface area contributed by atoms with Crippen molar-refractivity contribution < 1.29 is 85.3 Å². The second-order valence-electron chi connectivity index (χ2n) is 34.4. The standard InChI is InChI=1S/C30H38O4.C26H34O4.C24H30O4.C23H25NO2.C14H22O4.5H2S/c1-21-19-23(7-5-13-33-17-15-31-3)27-12-10-26-22(2)20-24(8-6-14-34-18-16-32-4)28-11-9-25(21)29(27)30(26)28;1-19-23-7-5-21(9-11-29-15-13-27-3)17-25(23)20(2)26-18-22(6-8-24(19)26)10-12-30-16-14-28-4;1-17-21-7-5-19(15-27-11-9-25-3)13-23(21)18(2)24-14-20(6-8-22(17)24)16-28-12-10-26-4;1-18-4-8-20(9-5-18)24(21-10-6-19(2)7-11-21)22-12-14-23(15-13-22)26-17-16-25-3;1-11-9-14(18-8-6-16-4)12(2)10-13(11)17-7-5-15-3;;;;;/h9-12,19-20H,5-8,13-18H2,1-4H3;5-8,17-18H,9-16H2,1-4H3;5-8,13-14H,9-12,15-16H2,1-4H3;4-15H,16-17H2,1-3H3;9-10H,5-8H2,1-4H3;5*1H2. The van der Waals surface area contributed by atoms with Crippen molar-refractivity contribution in [1.82, 2.24) is 0 Å². The molecule has 0 aliphatic carbocycles. The highest BCUT2D eigenvalue weighted by Gasteiger charge is 2.20. The Morgan fingerprint density at radius 3 is 0.809 bits per heavy atom. The molecule has 0 atom stereocenters. The van der Waals surface area contributed by atoms with Crippen LogP contribution >= 0.6 is 67.5 Å². The summed E-state index contributed by atoms with van der Waals surface area (Å²) in [4.78, 5) is 2.25. The Morgan fingerprint density at radius 1 is 0.206 bits per heavy atom. The van der Waals surface area contributed by atoms with E-state index >= 15 is 0 Å². The van der Waals surface area contributed by atoms with Crippen LogP contribution in [0.25, 0.3) is 75.4 Å². The fourth-order valence-electron chi connectivity index (χ4n) is 17.0. The lowest BCUT2D eigenvalue weighted by Crippen LogP contribution is -2.10. The highest BCUT2D eigenvalue weighted by molar-refractivity contribution is 7.60. The van der Waals surface area contributed by atoms with Gasteiger partial charge in [-0.05, 0) is 334 Å². The summed E-state index contributed by atoms with van der Waals surface area (Å²) in [6, 6.07) is 70.3. The van der Waals surface area contributed by atoms with Gasteiger partial charge in [-0.3, -0.25) is 0 Å². The molecule has 0 unspecified atom stereocenters. The first-order valence-electron chi connectivity index (χ1n) is 47.8. The van der Waals surface area contributed by atoms with E-state index in [9.17, 15) is 0 Å². The lowest BCUT2D eigenvalue weighted by molar-refractivity contribution is 0.0617. The van der Waals surface area contributed by atoms with Crippen molar-refractivity contribution in [2.45, 2.75) is 121 Å². The molecule has 19 nitrogen and oxygen atoms in total. The quantitative estimate of drug-likeness (QED) is 0.0200. The predicted octanol–water partition coefficient (Wildman–Crippen LogP) is 25.1. The SMILES string of the molecule is COCCOCCCc1cc(C)c2ccc3c(CCCOCCOC)cc(C)c4ccc1c2c43.COCCOCCc1ccc2c(C)c3ccc(CCOCCOC)cc3c(C)c2c1.COCCOCc1ccc2c(C)c3ccc(COCCOC)cc3c(C)c2c1.COCCOc1cc(C)c(OCCOC)cc1C.COCCOc1ccc(N(c2ccc(C)cc2)c2ccc(C)cc2)cc1.S.S.S.S.S. The van der Waals surface area contributed by atoms with E-state index in [1.807, 2.05) is 38.1 Å². The third kappa shape index (κ3) is 36.9. The van der Waals surface area contributed by atoms with Crippen LogP contribution in [-0.4, -0.2) is 209 Å². The molecule has 0 N–H and O–H groups in total. The van der Waals surface area contributed by atoms with Crippen molar-refractivity contribution >= 4 is 160 Å². The molecule has 0 spiro atoms. The minimum Gasteiger partial charge on any atom is -0.491 e. The van der Waals surface area contributed by atoms with Crippen molar-refractivity contribution in [3.05, 3.63) is 283 Å². The molecule has 0 aromatic heterocycles. The molecule has 141 heavy (non-hydrogen) atoms. The predicted molar refractivity (Wildman–Crippen MR) is 610 cm³/mol. The fraction of sp³-hybridized carbons (Fsp3) is 0.419. The Morgan fingerprint density at radius 2 is 0.475 bits per heavy atom. The van der Waals surface area contributed by atoms with Crippen LogP contribution in [0.2, 0.25) is 0 Å². The first kappa shape index (κ1) is 123. The Labute approximate surface area is 874 Å². The summed E-state index contributed by atoms with van der Waals surface area (Å²) in [7, 11) is 15.2. The highest BCUT2D eigenvalue weighted by atomic mass is 32.1. The minimum atomic E-state index is 0. The van der Waals surface area contributed by atoms with Crippen molar-refractivity contribution in [2.75, 3.05) is 214 Å². The zero-order chi connectivity index (χ0) is 96.9. The largest absolute Gasteiger partial charge is 0.491 e. The number of hydrogen-bond acceptors (Lipinski definition) is 19. The molecule has 14 aromatic carbocycles. The molecule has 14 rings (SSSR count). The molecule has 0 fully saturated rings. The molecule has 0 aliphatic heterocycles. The Hall–Kier alpha value is -8.49. The van der Waals surface area contributed by atoms with Crippen molar-refractivity contribution in [3.63, 3.8) is 0 Å². The van der Waals surface area contributed by atoms with E-state index in [-0.39, 0.29) is 67.5 Å². The van der Waals surface area contributed by atoms with Gasteiger partial charge in [0.05, 0.1) is 126 Å². The van der Waals surface area contributed by atoms with Crippen molar-refractivity contribution in [1.29, 1.82) is 0 Å². The molecule has 770 valence electrons. The third-order valence-corrected chi connectivity index (χ3v) is 24.5. The molecule has 0 bridgehead atoms. The summed E-state index contributed by atoms with van der Waals surface area (Å²) in [5.74, 6) is 2.60. The lowest BCUT2D eigenvalue weighted by atomic mass is 9.85. The number of nitrogens with zero attached hydrogens (tertiary/aromatic N) is 1. The molecular weight excluding hydrogens is 1870 g/mol. The molecule has 14 aromatic rings. The van der Waals surface area contributed by atoms with Gasteiger partial charge in [-0.2, -0.15) is 67.5 Å². The first-order chi connectivity index (χ1) is 66.3. The molecule has 24 heteroatoms. The Kier molecular flexibility index (Phi) is 58.7. The van der Waals surface area contributed by atoms with E-state index in [0.29, 0.717) is 145 Å². The highest BCUT2D eigenvalue weighted by Crippen LogP contribution is 2.43. The maximum absolute atomic E-state index is 5.71. The molecule has 0 saturated heterocycles. The molecule has 0 amide bonds. The number of ether oxygens (including phenoxy) is 18. The first-order valence-corrected chi connectivity index (χ1v) is 47.8. The summed E-state index contributed by atoms with van der Waals surface area (Å²) < 4.78 is 96.3. The molecule has 0 radical (unpaired) electrons. The van der Waals surface area contributed by atoms with E-state index in [1.54, 1.807) is 64.0 Å². The summed E-state index contributed by atoms with van der Waals surface area (Å²) in [6.45, 7) is 36.8. The summed E-state index contributed by atoms with van der Waals surface area (Å²) in [5.41, 5.74) is 23.8. The molecule has 0 saturated carbocycles. The van der Waals surface area contributed by atoms with Crippen LogP contribution in [0, 0.1) is 69.2 Å². The number of benzene rings is 14. The number of anilines is 3. The van der Waals surface area contributed by atoms with Crippen LogP contribution in [0.15, 0.2) is 194 Å². The van der Waals surface area contributed by atoms with Gasteiger partial charge < -0.3 is 90.2 Å². The Bertz CT molecular complexity index is 5620. The van der Waals surface area contributed by atoms with Gasteiger partial charge >= 0.3 is 0 Å². The molecular formula is C117H159NO18S5. The second-order valence-corrected chi connectivity index (χ2v) is 34.4. The van der Waals surface area contributed by atoms with E-state index in [2.05, 4.69) is 230 Å². The fourth-order valence-corrected chi connectivity index (χ4v) is 17.0. The summed E-state index contributed by atoms with van der Waals surface area (Å²) in [6.07, 6.45) is 5.89. The monoisotopic (exact) mass is 2030 g/mol. The zero-order valence-corrected chi connectivity index (χ0v) is 92.0. The average molecular weight is 2030 g/mol. The summed E-state index contributed by atoms with van der Waals surface area (Å²) in [5, 5.41) is 18.9. The summed E-state index contributed by atoms with van der Waals surface area (Å²) >= 11 is 0. The van der Waals surface area contributed by atoms with Gasteiger partial charge in [0, 0.05) is 94.3 Å². The van der Waals surface area contributed by atoms with E-state index in [4.69, 9.17) is 85.3 Å². The maximum atomic E-state index is 5.71. The number of fused-ring (bicyclic) bond motifs is 4. The van der Waals surface area contributed by atoms with Gasteiger partial charge in [0.15, 0.2) is 0 Å². The Balaban J connectivity index is 0.000000312. The topological polar surface area (TPSA) is 169 Å². The number of hydrogen-bond donors (Lipinski definition) is 0. The van der Waals surface area contributed by atoms with E-state index in [1.165, 1.54) is 153 Å². The minimum absolute atomic E-state index is 0. The number of aryl methyl sites for hydroxylation is 12. The van der Waals surface area contributed by atoms with Gasteiger partial charge in [-0.1, -0.05) is 132 Å².